The van der Waals surface area contributed by atoms with E-state index in [4.69, 9.17) is 14.2 Å². The first kappa shape index (κ1) is 98.2. The Bertz CT molecular complexity index is 2800. The smallest absolute Gasteiger partial charge is 0.330 e. The van der Waals surface area contributed by atoms with Gasteiger partial charge in [0, 0.05) is 18.2 Å². The summed E-state index contributed by atoms with van der Waals surface area (Å²) in [6, 6.07) is 0. The van der Waals surface area contributed by atoms with Crippen molar-refractivity contribution in [1.29, 1.82) is 0 Å². The van der Waals surface area contributed by atoms with Crippen molar-refractivity contribution in [1.82, 2.24) is 22.8 Å². The van der Waals surface area contributed by atoms with Crippen molar-refractivity contribution < 1.29 is 51.4 Å². The number of carbonyl (C=O) groups is 3. The molecule has 2 unspecified atom stereocenters. The van der Waals surface area contributed by atoms with Crippen molar-refractivity contribution in [3.8, 4) is 0 Å². The summed E-state index contributed by atoms with van der Waals surface area (Å²) in [6.45, 7) is 36.2. The summed E-state index contributed by atoms with van der Waals surface area (Å²) in [6.07, 6.45) is 96.3. The fraction of sp³-hybridized carbons (Fsp3) is 0.692. The molecule has 0 amide bonds. The number of unbranched alkanes of at least 4 members (excludes halogenated alkanes) is 34. The van der Waals surface area contributed by atoms with Crippen molar-refractivity contribution in [3.63, 3.8) is 0 Å². The number of nitrogens with zero attached hydrogens (tertiary/aromatic N) is 10. The normalized spacial score (nSPS) is 11.3. The van der Waals surface area contributed by atoms with Crippen LogP contribution in [0.4, 0.5) is 0 Å². The van der Waals surface area contributed by atoms with Gasteiger partial charge in [0.05, 0.1) is 80.2 Å². The molecule has 0 saturated carbocycles. The van der Waals surface area contributed by atoms with Crippen molar-refractivity contribution in [3.05, 3.63) is 157 Å². The van der Waals surface area contributed by atoms with Crippen molar-refractivity contribution in [2.24, 2.45) is 33.0 Å². The fourth-order valence-corrected chi connectivity index (χ4v) is 13.1. The molecule has 5 heterocycles. The number of allylic oxidation sites excluding steroid dienone is 2. The Morgan fingerprint density at radius 1 is 0.346 bits per heavy atom. The van der Waals surface area contributed by atoms with Crippen LogP contribution in [0.15, 0.2) is 157 Å². The van der Waals surface area contributed by atoms with Gasteiger partial charge in [-0.2, -0.15) is 0 Å². The first-order valence-electron chi connectivity index (χ1n) is 43.0. The van der Waals surface area contributed by atoms with Gasteiger partial charge in [-0.15, -0.1) is 6.58 Å². The highest BCUT2D eigenvalue weighted by atomic mass is 16.5. The molecule has 0 aliphatic carbocycles. The van der Waals surface area contributed by atoms with Gasteiger partial charge in [-0.05, 0) is 121 Å². The van der Waals surface area contributed by atoms with Gasteiger partial charge in [0.1, 0.15) is 68.5 Å². The van der Waals surface area contributed by atoms with Gasteiger partial charge in [-0.3, -0.25) is 0 Å². The lowest BCUT2D eigenvalue weighted by molar-refractivity contribution is -0.703. The standard InChI is InChI=1S/C31H53N2O4.C19H37N2.C18H31N2O2.C16H29N2.C7H11N2/c1-3-30(34)36-27-21-17-13-9-5-7-11-15-19-23-32-25-26-33(29-32)24-20-16-12-8-6-10-14-18-22-28-37-31(35)4-2;1-5-9-11-18(7-3)15-20-13-14-21(17-20)16-19(8-4)12-10-6-2;1-3-18(21)22-16-12-10-8-6-4-5-7-9-11-13-20-15-14-19(2)17-20;1-3-4-5-6-7-8-9-10-11-12-13-18-15-14-17(2)16-18;1-3-4-9-6-5-8(2)7-9/h3-4,25-26,29H,1-2,5-24,27-28H2;13-14,17-19H,5-12,15-16H2,1-4H3;3,14-15,17H,1,4-13,16H2,2H3;3,14-16H,1,4-13H2,2H3;3,5-7H,1,4H2,2H3/q5*+1. The van der Waals surface area contributed by atoms with E-state index in [1.807, 2.05) is 42.5 Å². The average molecular weight is 1490 g/mol. The summed E-state index contributed by atoms with van der Waals surface area (Å²) < 4.78 is 37.1. The lowest BCUT2D eigenvalue weighted by atomic mass is 9.99. The zero-order valence-corrected chi connectivity index (χ0v) is 69.8. The topological polar surface area (TPSA) is 123 Å². The van der Waals surface area contributed by atoms with E-state index in [0.29, 0.717) is 19.8 Å². The number of rotatable bonds is 64. The van der Waals surface area contributed by atoms with Crippen molar-refractivity contribution >= 4 is 17.9 Å². The minimum absolute atomic E-state index is 0.311. The Labute approximate surface area is 654 Å². The van der Waals surface area contributed by atoms with E-state index in [9.17, 15) is 14.4 Å². The fourth-order valence-electron chi connectivity index (χ4n) is 13.1. The molecule has 0 aliphatic heterocycles. The summed E-state index contributed by atoms with van der Waals surface area (Å²) in [7, 11) is 6.13. The van der Waals surface area contributed by atoms with E-state index in [1.165, 1.54) is 282 Å². The maximum absolute atomic E-state index is 10.9. The van der Waals surface area contributed by atoms with Crippen molar-refractivity contribution in [2.75, 3.05) is 19.8 Å². The molecular weight excluding hydrogens is 1330 g/mol. The van der Waals surface area contributed by atoms with E-state index in [-0.39, 0.29) is 17.9 Å². The Balaban J connectivity index is 0.000000709. The van der Waals surface area contributed by atoms with Gasteiger partial charge in [0.25, 0.3) is 0 Å². The minimum Gasteiger partial charge on any atom is -0.463 e. The molecule has 16 nitrogen and oxygen atoms in total. The zero-order chi connectivity index (χ0) is 78.1. The van der Waals surface area contributed by atoms with E-state index in [1.54, 1.807) is 0 Å². The Hall–Kier alpha value is -6.84. The largest absolute Gasteiger partial charge is 0.463 e. The van der Waals surface area contributed by atoms with Gasteiger partial charge in [-0.1, -0.05) is 240 Å². The second-order valence-corrected chi connectivity index (χ2v) is 29.8. The summed E-state index contributed by atoms with van der Waals surface area (Å²) >= 11 is 0. The molecule has 5 rings (SSSR count). The van der Waals surface area contributed by atoms with Crippen LogP contribution in [0.5, 0.6) is 0 Å². The molecule has 0 spiro atoms. The van der Waals surface area contributed by atoms with Gasteiger partial charge < -0.3 is 14.2 Å². The van der Waals surface area contributed by atoms with Crippen LogP contribution >= 0.6 is 0 Å². The monoisotopic (exact) mass is 1490 g/mol. The summed E-state index contributed by atoms with van der Waals surface area (Å²) in [5.41, 5.74) is 0. The third-order valence-electron chi connectivity index (χ3n) is 19.8. The number of ether oxygens (including phenoxy) is 3. The first-order chi connectivity index (χ1) is 52.2. The van der Waals surface area contributed by atoms with Crippen molar-refractivity contribution in [2.45, 2.75) is 356 Å². The lowest BCUT2D eigenvalue weighted by Gasteiger charge is -2.12. The molecule has 2 atom stereocenters. The Kier molecular flexibility index (Phi) is 66.1. The molecule has 0 aromatic carbocycles. The van der Waals surface area contributed by atoms with Gasteiger partial charge in [0.2, 0.25) is 31.6 Å². The Morgan fingerprint density at radius 2 is 0.664 bits per heavy atom. The number of aromatic nitrogens is 10. The van der Waals surface area contributed by atoms with Crippen LogP contribution in [0.3, 0.4) is 0 Å². The van der Waals surface area contributed by atoms with E-state index < -0.39 is 0 Å². The number of carbonyl (C=O) groups excluding carboxylic acids is 3. The van der Waals surface area contributed by atoms with Crippen LogP contribution in [0.1, 0.15) is 310 Å². The molecule has 16 heteroatoms. The van der Waals surface area contributed by atoms with Crippen LogP contribution in [0, 0.1) is 11.8 Å². The molecule has 0 aliphatic rings. The third-order valence-corrected chi connectivity index (χ3v) is 19.8. The van der Waals surface area contributed by atoms with E-state index in [0.717, 1.165) is 76.5 Å². The SMILES string of the molecule is C=CC(=O)OCCCCCCCCCCCn1cc[n+](C)c1.C=CC(=O)OCCCCCCCCCCCn1cc[n+](CCCCCCCCCCCOC(=O)C=C)c1.C=CCCCCCCCCCCn1cc[n+](C)c1.C=CCn1cc[n+](C)c1.CCCCC(CC)Cn1cc[n+](CC(CC)CCCC)c1. The second kappa shape index (κ2) is 72.0. The average Bonchev–Trinajstić information content (AvgIpc) is 1.76. The van der Waals surface area contributed by atoms with Crippen LogP contribution in [-0.2, 0) is 95.6 Å². The number of aryl methyl sites for hydroxylation is 7. The summed E-state index contributed by atoms with van der Waals surface area (Å²) in [5.74, 6) is 0.737. The van der Waals surface area contributed by atoms with Gasteiger partial charge in [-0.25, -0.2) is 60.1 Å². The molecule has 5 aromatic rings. The molecule has 0 radical (unpaired) electrons. The summed E-state index contributed by atoms with van der Waals surface area (Å²) in [5, 5.41) is 0. The zero-order valence-electron chi connectivity index (χ0n) is 69.8. The molecule has 5 aromatic heterocycles. The molecule has 0 saturated heterocycles. The Morgan fingerprint density at radius 3 is 1.02 bits per heavy atom. The van der Waals surface area contributed by atoms with Gasteiger partial charge in [0.15, 0.2) is 0 Å². The molecule has 606 valence electrons. The highest BCUT2D eigenvalue weighted by Crippen LogP contribution is 2.18. The third kappa shape index (κ3) is 60.7. The number of imidazole rings is 5. The van der Waals surface area contributed by atoms with Crippen LogP contribution < -0.4 is 22.8 Å². The van der Waals surface area contributed by atoms with Gasteiger partial charge >= 0.3 is 17.9 Å². The number of hydrogen-bond donors (Lipinski definition) is 0. The van der Waals surface area contributed by atoms with E-state index in [2.05, 4.69) is 191 Å². The van der Waals surface area contributed by atoms with Crippen LogP contribution in [0.2, 0.25) is 0 Å². The predicted molar refractivity (Wildman–Crippen MR) is 443 cm³/mol. The first-order valence-corrected chi connectivity index (χ1v) is 43.0. The molecular formula is C91H161N10O6+5. The highest BCUT2D eigenvalue weighted by molar-refractivity contribution is 5.81. The molecule has 0 fully saturated rings. The minimum atomic E-state index is -0.316. The maximum atomic E-state index is 10.9. The number of hydrogen-bond acceptors (Lipinski definition) is 6. The van der Waals surface area contributed by atoms with E-state index >= 15 is 0 Å². The lowest BCUT2D eigenvalue weighted by Crippen LogP contribution is -2.35. The molecule has 107 heavy (non-hydrogen) atoms. The second-order valence-electron chi connectivity index (χ2n) is 29.8. The molecule has 0 bridgehead atoms. The summed E-state index contributed by atoms with van der Waals surface area (Å²) in [4.78, 5) is 32.7. The quantitative estimate of drug-likeness (QED) is 0.00954. The maximum Gasteiger partial charge on any atom is 0.330 e. The predicted octanol–water partition coefficient (Wildman–Crippen LogP) is 20.5. The van der Waals surface area contributed by atoms with Crippen LogP contribution in [-0.4, -0.2) is 60.6 Å². The highest BCUT2D eigenvalue weighted by Gasteiger charge is 2.15. The molecule has 0 N–H and O–H groups in total. The van der Waals surface area contributed by atoms with Crippen LogP contribution in [0.25, 0.3) is 0 Å². The number of esters is 3.